The Morgan fingerprint density at radius 1 is 1.33 bits per heavy atom. The van der Waals surface area contributed by atoms with Crippen LogP contribution in [0.4, 0.5) is 0 Å². The number of aromatic nitrogens is 1. The first kappa shape index (κ1) is 10.6. The third-order valence-electron chi connectivity index (χ3n) is 3.22. The minimum atomic E-state index is 0.0343. The molecule has 3 nitrogen and oxygen atoms in total. The van der Waals surface area contributed by atoms with E-state index >= 15 is 0 Å². The molecule has 1 aliphatic heterocycles. The van der Waals surface area contributed by atoms with E-state index in [-0.39, 0.29) is 5.60 Å². The van der Waals surface area contributed by atoms with Crippen LogP contribution in [-0.2, 0) is 11.2 Å². The minimum Gasteiger partial charge on any atom is -0.378 e. The first-order valence-electron chi connectivity index (χ1n) is 5.49. The maximum Gasteiger partial charge on any atom is 0.0743 e. The molecule has 0 bridgehead atoms. The van der Waals surface area contributed by atoms with Gasteiger partial charge in [-0.15, -0.1) is 0 Å². The lowest BCUT2D eigenvalue weighted by Crippen LogP contribution is -2.44. The summed E-state index contributed by atoms with van der Waals surface area (Å²) >= 11 is 0. The monoisotopic (exact) mass is 206 g/mol. The van der Waals surface area contributed by atoms with Crippen molar-refractivity contribution in [3.8, 4) is 0 Å². The Labute approximate surface area is 90.9 Å². The SMILES string of the molecule is COC1(Cc2ccncc2)CCNCC1. The predicted octanol–water partition coefficient (Wildman–Crippen LogP) is 1.39. The molecule has 15 heavy (non-hydrogen) atoms. The highest BCUT2D eigenvalue weighted by atomic mass is 16.5. The third-order valence-corrected chi connectivity index (χ3v) is 3.22. The molecule has 0 atom stereocenters. The van der Waals surface area contributed by atoms with E-state index in [1.54, 1.807) is 0 Å². The molecule has 0 aromatic carbocycles. The number of pyridine rings is 1. The highest BCUT2D eigenvalue weighted by molar-refractivity contribution is 5.13. The van der Waals surface area contributed by atoms with Crippen LogP contribution in [0.2, 0.25) is 0 Å². The van der Waals surface area contributed by atoms with Crippen LogP contribution >= 0.6 is 0 Å². The molecule has 2 rings (SSSR count). The average Bonchev–Trinajstić information content (AvgIpc) is 2.32. The van der Waals surface area contributed by atoms with Crippen molar-refractivity contribution in [1.29, 1.82) is 0 Å². The number of hydrogen-bond acceptors (Lipinski definition) is 3. The van der Waals surface area contributed by atoms with Crippen molar-refractivity contribution in [3.63, 3.8) is 0 Å². The first-order chi connectivity index (χ1) is 7.35. The van der Waals surface area contributed by atoms with Gasteiger partial charge < -0.3 is 10.1 Å². The van der Waals surface area contributed by atoms with E-state index in [0.717, 1.165) is 32.4 Å². The molecule has 0 unspecified atom stereocenters. The Morgan fingerprint density at radius 2 is 2.00 bits per heavy atom. The van der Waals surface area contributed by atoms with Gasteiger partial charge in [0.1, 0.15) is 0 Å². The van der Waals surface area contributed by atoms with Crippen molar-refractivity contribution in [2.75, 3.05) is 20.2 Å². The van der Waals surface area contributed by atoms with Crippen molar-refractivity contribution in [3.05, 3.63) is 30.1 Å². The van der Waals surface area contributed by atoms with Gasteiger partial charge in [0.2, 0.25) is 0 Å². The number of rotatable bonds is 3. The van der Waals surface area contributed by atoms with Gasteiger partial charge in [0.15, 0.2) is 0 Å². The number of ether oxygens (including phenoxy) is 1. The molecule has 1 aromatic rings. The fourth-order valence-electron chi connectivity index (χ4n) is 2.21. The molecular weight excluding hydrogens is 188 g/mol. The fraction of sp³-hybridized carbons (Fsp3) is 0.583. The molecule has 1 saturated heterocycles. The first-order valence-corrected chi connectivity index (χ1v) is 5.49. The van der Waals surface area contributed by atoms with Gasteiger partial charge in [0.25, 0.3) is 0 Å². The van der Waals surface area contributed by atoms with Crippen LogP contribution < -0.4 is 5.32 Å². The van der Waals surface area contributed by atoms with Crippen LogP contribution in [-0.4, -0.2) is 30.8 Å². The van der Waals surface area contributed by atoms with Gasteiger partial charge in [-0.1, -0.05) is 0 Å². The number of hydrogen-bond donors (Lipinski definition) is 1. The highest BCUT2D eigenvalue weighted by Crippen LogP contribution is 2.26. The summed E-state index contributed by atoms with van der Waals surface area (Å²) in [5.41, 5.74) is 1.35. The Morgan fingerprint density at radius 3 is 2.60 bits per heavy atom. The van der Waals surface area contributed by atoms with Crippen LogP contribution in [0.5, 0.6) is 0 Å². The topological polar surface area (TPSA) is 34.1 Å². The molecule has 1 fully saturated rings. The molecule has 2 heterocycles. The normalized spacial score (nSPS) is 20.1. The average molecular weight is 206 g/mol. The lowest BCUT2D eigenvalue weighted by molar-refractivity contribution is -0.0333. The summed E-state index contributed by atoms with van der Waals surface area (Å²) in [5.74, 6) is 0. The van der Waals surface area contributed by atoms with E-state index in [1.807, 2.05) is 19.5 Å². The number of methoxy groups -OCH3 is 1. The van der Waals surface area contributed by atoms with E-state index < -0.39 is 0 Å². The summed E-state index contributed by atoms with van der Waals surface area (Å²) in [6.45, 7) is 2.11. The molecule has 0 aliphatic carbocycles. The predicted molar refractivity (Wildman–Crippen MR) is 59.8 cm³/mol. The van der Waals surface area contributed by atoms with Crippen LogP contribution in [0.1, 0.15) is 18.4 Å². The third kappa shape index (κ3) is 2.55. The zero-order chi connectivity index (χ0) is 10.6. The Balaban J connectivity index is 2.07. The summed E-state index contributed by atoms with van der Waals surface area (Å²) in [7, 11) is 1.83. The highest BCUT2D eigenvalue weighted by Gasteiger charge is 2.31. The second-order valence-electron chi connectivity index (χ2n) is 4.17. The largest absolute Gasteiger partial charge is 0.378 e. The quantitative estimate of drug-likeness (QED) is 0.811. The van der Waals surface area contributed by atoms with Crippen molar-refractivity contribution in [2.45, 2.75) is 24.9 Å². The molecule has 82 valence electrons. The van der Waals surface area contributed by atoms with Crippen LogP contribution in [0.25, 0.3) is 0 Å². The summed E-state index contributed by atoms with van der Waals surface area (Å²) in [4.78, 5) is 4.03. The van der Waals surface area contributed by atoms with Crippen LogP contribution in [0.15, 0.2) is 24.5 Å². The van der Waals surface area contributed by atoms with Gasteiger partial charge in [-0.2, -0.15) is 0 Å². The van der Waals surface area contributed by atoms with Gasteiger partial charge in [0, 0.05) is 25.9 Å². The van der Waals surface area contributed by atoms with E-state index in [4.69, 9.17) is 4.74 Å². The lowest BCUT2D eigenvalue weighted by atomic mass is 9.86. The zero-order valence-electron chi connectivity index (χ0n) is 9.20. The Bertz CT molecular complexity index is 294. The second-order valence-corrected chi connectivity index (χ2v) is 4.17. The molecule has 1 aliphatic rings. The van der Waals surface area contributed by atoms with Gasteiger partial charge in [-0.05, 0) is 43.6 Å². The molecule has 1 N–H and O–H groups in total. The Kier molecular flexibility index (Phi) is 3.34. The van der Waals surface area contributed by atoms with Gasteiger partial charge >= 0.3 is 0 Å². The summed E-state index contributed by atoms with van der Waals surface area (Å²) < 4.78 is 5.72. The van der Waals surface area contributed by atoms with Crippen molar-refractivity contribution < 1.29 is 4.74 Å². The number of piperidine rings is 1. The van der Waals surface area contributed by atoms with E-state index in [0.29, 0.717) is 0 Å². The van der Waals surface area contributed by atoms with Crippen LogP contribution in [0, 0.1) is 0 Å². The van der Waals surface area contributed by atoms with Crippen molar-refractivity contribution >= 4 is 0 Å². The molecule has 0 radical (unpaired) electrons. The van der Waals surface area contributed by atoms with Gasteiger partial charge in [-0.3, -0.25) is 4.98 Å². The molecule has 3 heteroatoms. The number of nitrogens with one attached hydrogen (secondary N) is 1. The number of nitrogens with zero attached hydrogens (tertiary/aromatic N) is 1. The minimum absolute atomic E-state index is 0.0343. The van der Waals surface area contributed by atoms with Crippen LogP contribution in [0.3, 0.4) is 0 Å². The maximum atomic E-state index is 5.72. The smallest absolute Gasteiger partial charge is 0.0743 e. The van der Waals surface area contributed by atoms with Crippen molar-refractivity contribution in [2.24, 2.45) is 0 Å². The van der Waals surface area contributed by atoms with E-state index in [9.17, 15) is 0 Å². The zero-order valence-corrected chi connectivity index (χ0v) is 9.20. The molecule has 0 spiro atoms. The summed E-state index contributed by atoms with van der Waals surface area (Å²) in [6, 6.07) is 4.14. The Hall–Kier alpha value is -0.930. The summed E-state index contributed by atoms with van der Waals surface area (Å²) in [6.07, 6.45) is 6.87. The summed E-state index contributed by atoms with van der Waals surface area (Å²) in [5, 5.41) is 3.37. The second kappa shape index (κ2) is 4.73. The van der Waals surface area contributed by atoms with Crippen molar-refractivity contribution in [1.82, 2.24) is 10.3 Å². The van der Waals surface area contributed by atoms with E-state index in [2.05, 4.69) is 22.4 Å². The molecule has 1 aromatic heterocycles. The molecular formula is C12H18N2O. The van der Waals surface area contributed by atoms with Gasteiger partial charge in [-0.25, -0.2) is 0 Å². The van der Waals surface area contributed by atoms with E-state index in [1.165, 1.54) is 5.56 Å². The fourth-order valence-corrected chi connectivity index (χ4v) is 2.21. The lowest BCUT2D eigenvalue weighted by Gasteiger charge is -2.36. The standard InChI is InChI=1S/C12H18N2O/c1-15-12(4-8-14-9-5-12)10-11-2-6-13-7-3-11/h2-3,6-7,14H,4-5,8-10H2,1H3. The molecule has 0 saturated carbocycles. The molecule has 0 amide bonds. The maximum absolute atomic E-state index is 5.72. The van der Waals surface area contributed by atoms with Gasteiger partial charge in [0.05, 0.1) is 5.60 Å².